The van der Waals surface area contributed by atoms with Gasteiger partial charge >= 0.3 is 0 Å². The van der Waals surface area contributed by atoms with Crippen molar-refractivity contribution in [3.05, 3.63) is 46.5 Å². The number of carbonyl (C=O) groups excluding carboxylic acids is 2. The summed E-state index contributed by atoms with van der Waals surface area (Å²) >= 11 is 0. The Morgan fingerprint density at radius 2 is 1.94 bits per heavy atom. The minimum Gasteiger partial charge on any atom is -0.508 e. The highest BCUT2D eigenvalue weighted by molar-refractivity contribution is 6.05. The predicted molar refractivity (Wildman–Crippen MR) is 128 cm³/mol. The van der Waals surface area contributed by atoms with E-state index in [1.807, 2.05) is 12.1 Å². The minimum absolute atomic E-state index is 0.176. The maximum absolute atomic E-state index is 12.8. The van der Waals surface area contributed by atoms with Crippen molar-refractivity contribution < 1.29 is 24.9 Å². The number of amides is 2. The van der Waals surface area contributed by atoms with Gasteiger partial charge in [-0.05, 0) is 55.4 Å². The first-order valence-electron chi connectivity index (χ1n) is 12.1. The van der Waals surface area contributed by atoms with E-state index in [9.17, 15) is 24.9 Å². The van der Waals surface area contributed by atoms with Crippen LogP contribution in [0.15, 0.2) is 41.0 Å². The van der Waals surface area contributed by atoms with Crippen molar-refractivity contribution in [3.63, 3.8) is 0 Å². The first kappa shape index (κ1) is 25.2. The van der Waals surface area contributed by atoms with E-state index >= 15 is 0 Å². The maximum atomic E-state index is 12.8. The Labute approximate surface area is 196 Å². The van der Waals surface area contributed by atoms with Gasteiger partial charge in [-0.3, -0.25) is 14.5 Å². The van der Waals surface area contributed by atoms with E-state index in [0.717, 1.165) is 42.4 Å². The fourth-order valence-electron chi connectivity index (χ4n) is 5.57. The second-order valence-corrected chi connectivity index (χ2v) is 9.37. The molecule has 6 nitrogen and oxygen atoms in total. The number of rotatable bonds is 10. The summed E-state index contributed by atoms with van der Waals surface area (Å²) in [5.74, 6) is -1.75. The number of carbonyl (C=O) groups is 2. The number of likely N-dealkylation sites (tertiary alicyclic amines) is 1. The van der Waals surface area contributed by atoms with Gasteiger partial charge in [0.1, 0.15) is 5.75 Å². The summed E-state index contributed by atoms with van der Waals surface area (Å²) in [6.07, 6.45) is 6.40. The van der Waals surface area contributed by atoms with Crippen molar-refractivity contribution in [3.8, 4) is 5.75 Å². The molecule has 2 amide bonds. The lowest BCUT2D eigenvalue weighted by molar-refractivity contribution is -0.138. The Balaban J connectivity index is 1.85. The van der Waals surface area contributed by atoms with Crippen LogP contribution in [0.5, 0.6) is 5.75 Å². The van der Waals surface area contributed by atoms with Crippen LogP contribution < -0.4 is 0 Å². The SMILES string of the molecule is CCCC1=C([C@H](O)CC/C(=C/c2cccc(O)c2)CCC)[C@H](CO)[C@@H]2C(=O)N(C)C(=O)[C@@H]2C1. The monoisotopic (exact) mass is 455 g/mol. The van der Waals surface area contributed by atoms with Crippen molar-refractivity contribution in [2.24, 2.45) is 17.8 Å². The van der Waals surface area contributed by atoms with Gasteiger partial charge in [0.25, 0.3) is 0 Å². The van der Waals surface area contributed by atoms with Gasteiger partial charge in [0.05, 0.1) is 24.5 Å². The lowest BCUT2D eigenvalue weighted by Gasteiger charge is -2.36. The number of allylic oxidation sites excluding steroid dienone is 2. The molecule has 4 atom stereocenters. The molecule has 33 heavy (non-hydrogen) atoms. The molecular formula is C27H37NO5. The first-order valence-corrected chi connectivity index (χ1v) is 12.1. The summed E-state index contributed by atoms with van der Waals surface area (Å²) in [6, 6.07) is 7.11. The van der Waals surface area contributed by atoms with Crippen LogP contribution in [-0.2, 0) is 9.59 Å². The number of nitrogens with zero attached hydrogens (tertiary/aromatic N) is 1. The summed E-state index contributed by atoms with van der Waals surface area (Å²) in [7, 11) is 1.51. The number of aliphatic hydroxyl groups excluding tert-OH is 2. The van der Waals surface area contributed by atoms with E-state index in [4.69, 9.17) is 0 Å². The average molecular weight is 456 g/mol. The fourth-order valence-corrected chi connectivity index (χ4v) is 5.57. The van der Waals surface area contributed by atoms with Crippen LogP contribution >= 0.6 is 0 Å². The molecule has 1 fully saturated rings. The Kier molecular flexibility index (Phi) is 8.49. The highest BCUT2D eigenvalue weighted by Crippen LogP contribution is 2.46. The fraction of sp³-hybridized carbons (Fsp3) is 0.556. The number of aliphatic hydroxyl groups is 2. The zero-order valence-corrected chi connectivity index (χ0v) is 20.0. The third-order valence-electron chi connectivity index (χ3n) is 7.06. The topological polar surface area (TPSA) is 98.1 Å². The van der Waals surface area contributed by atoms with Crippen molar-refractivity contribution in [2.45, 2.75) is 64.9 Å². The number of imide groups is 1. The van der Waals surface area contributed by atoms with E-state index in [1.165, 1.54) is 17.5 Å². The van der Waals surface area contributed by atoms with Gasteiger partial charge in [-0.2, -0.15) is 0 Å². The van der Waals surface area contributed by atoms with Gasteiger partial charge in [-0.25, -0.2) is 0 Å². The Morgan fingerprint density at radius 1 is 1.18 bits per heavy atom. The normalized spacial score (nSPS) is 24.5. The van der Waals surface area contributed by atoms with Gasteiger partial charge < -0.3 is 15.3 Å². The summed E-state index contributed by atoms with van der Waals surface area (Å²) in [6.45, 7) is 3.91. The van der Waals surface area contributed by atoms with E-state index in [1.54, 1.807) is 12.1 Å². The lowest BCUT2D eigenvalue weighted by Crippen LogP contribution is -2.39. The van der Waals surface area contributed by atoms with Crippen LogP contribution in [0.3, 0.4) is 0 Å². The molecule has 1 saturated heterocycles. The number of fused-ring (bicyclic) bond motifs is 1. The molecule has 180 valence electrons. The highest BCUT2D eigenvalue weighted by Gasteiger charge is 2.53. The molecule has 0 aromatic heterocycles. The maximum Gasteiger partial charge on any atom is 0.233 e. The molecule has 0 saturated carbocycles. The lowest BCUT2D eigenvalue weighted by atomic mass is 9.67. The van der Waals surface area contributed by atoms with Gasteiger partial charge in [0, 0.05) is 13.0 Å². The van der Waals surface area contributed by atoms with Crippen molar-refractivity contribution in [1.82, 2.24) is 4.90 Å². The molecule has 6 heteroatoms. The van der Waals surface area contributed by atoms with Gasteiger partial charge in [0.15, 0.2) is 0 Å². The number of hydrogen-bond acceptors (Lipinski definition) is 5. The standard InChI is InChI=1S/C27H37NO5/c1-4-7-17(13-18-9-6-10-20(30)14-18)11-12-23(31)24-19(8-5-2)15-21-25(22(24)16-29)27(33)28(3)26(21)32/h6,9-10,13-14,21-23,25,29-31H,4-5,7-8,11-12,15-16H2,1-3H3/b17-13+/t21-,22+,23-,25-/m1/s1. The largest absolute Gasteiger partial charge is 0.508 e. The van der Waals surface area contributed by atoms with E-state index in [-0.39, 0.29) is 24.2 Å². The molecule has 1 aliphatic carbocycles. The molecule has 0 spiro atoms. The highest BCUT2D eigenvalue weighted by atomic mass is 16.3. The zero-order chi connectivity index (χ0) is 24.1. The number of phenolic OH excluding ortho intramolecular Hbond substituents is 1. The van der Waals surface area contributed by atoms with Gasteiger partial charge in [0.2, 0.25) is 11.8 Å². The first-order chi connectivity index (χ1) is 15.8. The predicted octanol–water partition coefficient (Wildman–Crippen LogP) is 4.06. The van der Waals surface area contributed by atoms with E-state index in [2.05, 4.69) is 19.9 Å². The molecule has 0 radical (unpaired) electrons. The molecule has 0 bridgehead atoms. The van der Waals surface area contributed by atoms with E-state index in [0.29, 0.717) is 19.3 Å². The molecule has 2 aliphatic rings. The second-order valence-electron chi connectivity index (χ2n) is 9.37. The third kappa shape index (κ3) is 5.39. The molecule has 1 aromatic rings. The quantitative estimate of drug-likeness (QED) is 0.365. The Hall–Kier alpha value is -2.44. The smallest absolute Gasteiger partial charge is 0.233 e. The average Bonchev–Trinajstić information content (AvgIpc) is 3.00. The number of aromatic hydroxyl groups is 1. The number of hydrogen-bond donors (Lipinski definition) is 3. The van der Waals surface area contributed by atoms with Crippen LogP contribution in [0.4, 0.5) is 0 Å². The van der Waals surface area contributed by atoms with Gasteiger partial charge in [-0.1, -0.05) is 56.0 Å². The summed E-state index contributed by atoms with van der Waals surface area (Å²) < 4.78 is 0. The number of benzene rings is 1. The Morgan fingerprint density at radius 3 is 2.58 bits per heavy atom. The molecular weight excluding hydrogens is 418 g/mol. The summed E-state index contributed by atoms with van der Waals surface area (Å²) in [5.41, 5.74) is 3.90. The minimum atomic E-state index is -0.775. The van der Waals surface area contributed by atoms with Crippen LogP contribution in [-0.4, -0.2) is 51.8 Å². The molecule has 3 rings (SSSR count). The van der Waals surface area contributed by atoms with E-state index < -0.39 is 23.9 Å². The molecule has 1 aliphatic heterocycles. The van der Waals surface area contributed by atoms with Crippen molar-refractivity contribution >= 4 is 17.9 Å². The zero-order valence-electron chi connectivity index (χ0n) is 20.0. The molecule has 0 unspecified atom stereocenters. The van der Waals surface area contributed by atoms with Crippen LogP contribution in [0, 0.1) is 17.8 Å². The second kappa shape index (κ2) is 11.1. The van der Waals surface area contributed by atoms with Crippen molar-refractivity contribution in [2.75, 3.05) is 13.7 Å². The van der Waals surface area contributed by atoms with Gasteiger partial charge in [-0.15, -0.1) is 0 Å². The molecule has 3 N–H and O–H groups in total. The number of phenols is 1. The summed E-state index contributed by atoms with van der Waals surface area (Å²) in [4.78, 5) is 26.6. The van der Waals surface area contributed by atoms with Crippen LogP contribution in [0.25, 0.3) is 6.08 Å². The van der Waals surface area contributed by atoms with Crippen molar-refractivity contribution in [1.29, 1.82) is 0 Å². The summed E-state index contributed by atoms with van der Waals surface area (Å²) in [5, 5.41) is 31.3. The Bertz CT molecular complexity index is 934. The molecule has 1 aromatic carbocycles. The third-order valence-corrected chi connectivity index (χ3v) is 7.06. The molecule has 1 heterocycles. The van der Waals surface area contributed by atoms with Crippen LogP contribution in [0.2, 0.25) is 0 Å². The van der Waals surface area contributed by atoms with Crippen LogP contribution in [0.1, 0.15) is 64.4 Å².